The summed E-state index contributed by atoms with van der Waals surface area (Å²) < 4.78 is 10.8. The Morgan fingerprint density at radius 3 is 2.75 bits per heavy atom. The van der Waals surface area contributed by atoms with Crippen LogP contribution < -0.4 is 5.32 Å². The summed E-state index contributed by atoms with van der Waals surface area (Å²) in [5.74, 6) is 2.61. The summed E-state index contributed by atoms with van der Waals surface area (Å²) in [5.41, 5.74) is 0.865. The van der Waals surface area contributed by atoms with Crippen molar-refractivity contribution in [1.82, 2.24) is 20.4 Å². The Labute approximate surface area is 171 Å². The fourth-order valence-corrected chi connectivity index (χ4v) is 3.29. The normalized spacial score (nSPS) is 15.6. The number of hydrogen-bond donors (Lipinski definition) is 1. The molecule has 1 saturated heterocycles. The molecule has 1 aromatic heterocycles. The lowest BCUT2D eigenvalue weighted by Gasteiger charge is -2.26. The SMILES string of the molecule is CCNC(=NCc1nc(-c2ccc(Cl)cc2)no1)N(C)CCC1CCOCC1. The Bertz CT molecular complexity index is 756. The molecule has 0 radical (unpaired) electrons. The zero-order chi connectivity index (χ0) is 19.8. The van der Waals surface area contributed by atoms with Gasteiger partial charge in [-0.1, -0.05) is 16.8 Å². The Morgan fingerprint density at radius 1 is 1.29 bits per heavy atom. The van der Waals surface area contributed by atoms with Gasteiger partial charge in [0.05, 0.1) is 0 Å². The van der Waals surface area contributed by atoms with Crippen molar-refractivity contribution in [2.45, 2.75) is 32.7 Å². The van der Waals surface area contributed by atoms with Crippen LogP contribution in [0.5, 0.6) is 0 Å². The number of nitrogens with zero attached hydrogens (tertiary/aromatic N) is 4. The van der Waals surface area contributed by atoms with Gasteiger partial charge < -0.3 is 19.5 Å². The minimum Gasteiger partial charge on any atom is -0.381 e. The molecule has 1 fully saturated rings. The van der Waals surface area contributed by atoms with Crippen molar-refractivity contribution in [2.24, 2.45) is 10.9 Å². The maximum atomic E-state index is 5.92. The first-order valence-electron chi connectivity index (χ1n) is 9.81. The third kappa shape index (κ3) is 5.94. The average Bonchev–Trinajstić information content (AvgIpc) is 3.19. The molecule has 152 valence electrons. The van der Waals surface area contributed by atoms with Crippen LogP contribution in [0.1, 0.15) is 32.1 Å². The quantitative estimate of drug-likeness (QED) is 0.560. The van der Waals surface area contributed by atoms with Crippen molar-refractivity contribution in [1.29, 1.82) is 0 Å². The molecule has 8 heteroatoms. The molecule has 1 aliphatic rings. The molecule has 0 atom stereocenters. The van der Waals surface area contributed by atoms with E-state index >= 15 is 0 Å². The van der Waals surface area contributed by atoms with Gasteiger partial charge in [-0.3, -0.25) is 0 Å². The highest BCUT2D eigenvalue weighted by Crippen LogP contribution is 2.20. The van der Waals surface area contributed by atoms with Crippen molar-refractivity contribution in [2.75, 3.05) is 33.4 Å². The molecule has 7 nitrogen and oxygen atoms in total. The summed E-state index contributed by atoms with van der Waals surface area (Å²) in [6.45, 7) is 5.93. The van der Waals surface area contributed by atoms with Crippen LogP contribution in [-0.4, -0.2) is 54.4 Å². The van der Waals surface area contributed by atoms with Crippen LogP contribution in [0.2, 0.25) is 5.02 Å². The molecule has 0 aliphatic carbocycles. The van der Waals surface area contributed by atoms with Crippen LogP contribution in [0.25, 0.3) is 11.4 Å². The lowest BCUT2D eigenvalue weighted by Crippen LogP contribution is -2.40. The van der Waals surface area contributed by atoms with E-state index < -0.39 is 0 Å². The molecule has 0 unspecified atom stereocenters. The van der Waals surface area contributed by atoms with Gasteiger partial charge in [-0.05, 0) is 56.4 Å². The second-order valence-electron chi connectivity index (χ2n) is 6.95. The zero-order valence-corrected chi connectivity index (χ0v) is 17.3. The first kappa shape index (κ1) is 20.6. The number of nitrogens with one attached hydrogen (secondary N) is 1. The molecular formula is C20H28ClN5O2. The third-order valence-electron chi connectivity index (χ3n) is 4.84. The highest BCUT2D eigenvalue weighted by molar-refractivity contribution is 6.30. The smallest absolute Gasteiger partial charge is 0.248 e. The summed E-state index contributed by atoms with van der Waals surface area (Å²) in [5, 5.41) is 8.05. The number of hydrogen-bond acceptors (Lipinski definition) is 5. The Morgan fingerprint density at radius 2 is 2.04 bits per heavy atom. The van der Waals surface area contributed by atoms with E-state index in [1.807, 2.05) is 24.3 Å². The largest absolute Gasteiger partial charge is 0.381 e. The molecule has 0 spiro atoms. The van der Waals surface area contributed by atoms with Crippen molar-refractivity contribution >= 4 is 17.6 Å². The maximum absolute atomic E-state index is 5.92. The minimum atomic E-state index is 0.338. The first-order chi connectivity index (χ1) is 13.7. The van der Waals surface area contributed by atoms with Gasteiger partial charge in [0.1, 0.15) is 6.54 Å². The van der Waals surface area contributed by atoms with Gasteiger partial charge in [-0.25, -0.2) is 4.99 Å². The fraction of sp³-hybridized carbons (Fsp3) is 0.550. The monoisotopic (exact) mass is 405 g/mol. The van der Waals surface area contributed by atoms with Gasteiger partial charge >= 0.3 is 0 Å². The van der Waals surface area contributed by atoms with E-state index in [9.17, 15) is 0 Å². The van der Waals surface area contributed by atoms with Gasteiger partial charge in [0.2, 0.25) is 11.7 Å². The molecule has 0 saturated carbocycles. The zero-order valence-electron chi connectivity index (χ0n) is 16.5. The van der Waals surface area contributed by atoms with Crippen molar-refractivity contribution in [3.8, 4) is 11.4 Å². The van der Waals surface area contributed by atoms with Crippen LogP contribution in [-0.2, 0) is 11.3 Å². The lowest BCUT2D eigenvalue weighted by molar-refractivity contribution is 0.0625. The average molecular weight is 406 g/mol. The van der Waals surface area contributed by atoms with E-state index in [1.165, 1.54) is 0 Å². The number of guanidine groups is 1. The van der Waals surface area contributed by atoms with Crippen LogP contribution in [0.4, 0.5) is 0 Å². The molecule has 0 bridgehead atoms. The number of rotatable bonds is 7. The summed E-state index contributed by atoms with van der Waals surface area (Å²) >= 11 is 5.92. The fourth-order valence-electron chi connectivity index (χ4n) is 3.16. The van der Waals surface area contributed by atoms with Gasteiger partial charge in [-0.2, -0.15) is 4.98 Å². The molecule has 1 aliphatic heterocycles. The van der Waals surface area contributed by atoms with Crippen molar-refractivity contribution in [3.63, 3.8) is 0 Å². The Kier molecular flexibility index (Phi) is 7.68. The van der Waals surface area contributed by atoms with E-state index in [0.717, 1.165) is 63.0 Å². The number of aliphatic imine (C=N–C) groups is 1. The predicted molar refractivity (Wildman–Crippen MR) is 110 cm³/mol. The standard InChI is InChI=1S/C20H28ClN5O2/c1-3-22-20(26(2)11-8-15-9-12-27-13-10-15)23-14-18-24-19(25-28-18)16-4-6-17(21)7-5-16/h4-7,15H,3,8-14H2,1-2H3,(H,22,23). The van der Waals surface area contributed by atoms with Crippen LogP contribution in [0, 0.1) is 5.92 Å². The van der Waals surface area contributed by atoms with Crippen LogP contribution >= 0.6 is 11.6 Å². The van der Waals surface area contributed by atoms with E-state index in [-0.39, 0.29) is 0 Å². The van der Waals surface area contributed by atoms with Crippen molar-refractivity contribution < 1.29 is 9.26 Å². The maximum Gasteiger partial charge on any atom is 0.248 e. The summed E-state index contributed by atoms with van der Waals surface area (Å²) in [6, 6.07) is 7.35. The number of ether oxygens (including phenoxy) is 1. The lowest BCUT2D eigenvalue weighted by atomic mass is 9.96. The van der Waals surface area contributed by atoms with Gasteiger partial charge in [0.25, 0.3) is 0 Å². The molecule has 2 aromatic rings. The summed E-state index contributed by atoms with van der Waals surface area (Å²) in [7, 11) is 2.06. The van der Waals surface area contributed by atoms with E-state index in [1.54, 1.807) is 0 Å². The predicted octanol–water partition coefficient (Wildman–Crippen LogP) is 3.60. The highest BCUT2D eigenvalue weighted by Gasteiger charge is 2.16. The molecule has 1 aromatic carbocycles. The van der Waals surface area contributed by atoms with Crippen molar-refractivity contribution in [3.05, 3.63) is 35.2 Å². The van der Waals surface area contributed by atoms with Crippen LogP contribution in [0.15, 0.2) is 33.8 Å². The van der Waals surface area contributed by atoms with E-state index in [4.69, 9.17) is 20.9 Å². The topological polar surface area (TPSA) is 75.8 Å². The molecule has 0 amide bonds. The number of aromatic nitrogens is 2. The molecular weight excluding hydrogens is 378 g/mol. The molecule has 1 N–H and O–H groups in total. The second-order valence-corrected chi connectivity index (χ2v) is 7.39. The number of benzene rings is 1. The second kappa shape index (κ2) is 10.4. The Hall–Kier alpha value is -2.12. The summed E-state index contributed by atoms with van der Waals surface area (Å²) in [4.78, 5) is 11.3. The highest BCUT2D eigenvalue weighted by atomic mass is 35.5. The van der Waals surface area contributed by atoms with E-state index in [0.29, 0.717) is 23.3 Å². The van der Waals surface area contributed by atoms with Gasteiger partial charge in [0, 0.05) is 43.9 Å². The van der Waals surface area contributed by atoms with E-state index in [2.05, 4.69) is 39.3 Å². The molecule has 2 heterocycles. The first-order valence-corrected chi connectivity index (χ1v) is 10.2. The van der Waals surface area contributed by atoms with Gasteiger partial charge in [-0.15, -0.1) is 0 Å². The third-order valence-corrected chi connectivity index (χ3v) is 5.10. The number of halogens is 1. The summed E-state index contributed by atoms with van der Waals surface area (Å²) in [6.07, 6.45) is 3.44. The Balaban J connectivity index is 1.58. The van der Waals surface area contributed by atoms with Crippen LogP contribution in [0.3, 0.4) is 0 Å². The minimum absolute atomic E-state index is 0.338. The molecule has 3 rings (SSSR count). The van der Waals surface area contributed by atoms with Gasteiger partial charge in [0.15, 0.2) is 5.96 Å². The molecule has 28 heavy (non-hydrogen) atoms.